The van der Waals surface area contributed by atoms with Crippen molar-refractivity contribution in [1.29, 1.82) is 0 Å². The minimum atomic E-state index is -0.613. The van der Waals surface area contributed by atoms with E-state index in [1.807, 2.05) is 0 Å². The minimum absolute atomic E-state index is 0.124. The Labute approximate surface area is 78.8 Å². The molecule has 80 valence electrons. The molecule has 0 spiro atoms. The van der Waals surface area contributed by atoms with E-state index in [0.717, 1.165) is 0 Å². The van der Waals surface area contributed by atoms with Crippen LogP contribution >= 0.6 is 0 Å². The fraction of sp³-hybridized carbons (Fsp3) is 1.00. The average molecular weight is 192 g/mol. The highest BCUT2D eigenvalue weighted by Crippen LogP contribution is 2.18. The van der Waals surface area contributed by atoms with E-state index in [-0.39, 0.29) is 25.0 Å². The highest BCUT2D eigenvalue weighted by Gasteiger charge is 2.22. The van der Waals surface area contributed by atoms with E-state index in [4.69, 9.17) is 10.2 Å². The standard InChI is InChI=1S/C9H20O4/c1-6(12)8(4-10)3-9(5-11)7(2)13/h6-13H,3-5H2,1-2H3. The van der Waals surface area contributed by atoms with Crippen LogP contribution < -0.4 is 0 Å². The quantitative estimate of drug-likeness (QED) is 0.451. The van der Waals surface area contributed by atoms with Crippen molar-refractivity contribution in [2.45, 2.75) is 32.5 Å². The molecule has 0 aliphatic carbocycles. The van der Waals surface area contributed by atoms with Crippen LogP contribution in [0.25, 0.3) is 0 Å². The molecular weight excluding hydrogens is 172 g/mol. The summed E-state index contributed by atoms with van der Waals surface area (Å²) in [6.07, 6.45) is -0.793. The SMILES string of the molecule is CC(O)C(CO)CC(CO)C(C)O. The molecule has 4 atom stereocenters. The Morgan fingerprint density at radius 1 is 0.846 bits per heavy atom. The number of hydrogen-bond donors (Lipinski definition) is 4. The van der Waals surface area contributed by atoms with Crippen LogP contribution in [0.3, 0.4) is 0 Å². The summed E-state index contributed by atoms with van der Waals surface area (Å²) in [5.41, 5.74) is 0. The van der Waals surface area contributed by atoms with E-state index in [1.54, 1.807) is 13.8 Å². The van der Waals surface area contributed by atoms with Gasteiger partial charge in [-0.2, -0.15) is 0 Å². The van der Waals surface area contributed by atoms with Crippen molar-refractivity contribution in [1.82, 2.24) is 0 Å². The third-order valence-electron chi connectivity index (χ3n) is 2.44. The van der Waals surface area contributed by atoms with Gasteiger partial charge in [-0.3, -0.25) is 0 Å². The summed E-state index contributed by atoms with van der Waals surface area (Å²) in [7, 11) is 0. The molecular formula is C9H20O4. The summed E-state index contributed by atoms with van der Waals surface area (Å²) < 4.78 is 0. The highest BCUT2D eigenvalue weighted by atomic mass is 16.3. The van der Waals surface area contributed by atoms with Gasteiger partial charge in [-0.25, -0.2) is 0 Å². The van der Waals surface area contributed by atoms with Crippen LogP contribution in [0.15, 0.2) is 0 Å². The van der Waals surface area contributed by atoms with Crippen LogP contribution in [0.4, 0.5) is 0 Å². The van der Waals surface area contributed by atoms with Gasteiger partial charge in [0.25, 0.3) is 0 Å². The summed E-state index contributed by atoms with van der Waals surface area (Å²) in [4.78, 5) is 0. The zero-order valence-corrected chi connectivity index (χ0v) is 8.22. The van der Waals surface area contributed by atoms with E-state index in [1.165, 1.54) is 0 Å². The van der Waals surface area contributed by atoms with Crippen LogP contribution in [0.2, 0.25) is 0 Å². The molecule has 4 heteroatoms. The molecule has 4 unspecified atom stereocenters. The molecule has 0 heterocycles. The van der Waals surface area contributed by atoms with Crippen LogP contribution in [0.1, 0.15) is 20.3 Å². The molecule has 0 fully saturated rings. The number of rotatable bonds is 6. The molecule has 0 aliphatic rings. The van der Waals surface area contributed by atoms with Gasteiger partial charge in [-0.05, 0) is 20.3 Å². The van der Waals surface area contributed by atoms with E-state index in [9.17, 15) is 10.2 Å². The Morgan fingerprint density at radius 3 is 1.31 bits per heavy atom. The smallest absolute Gasteiger partial charge is 0.0562 e. The first-order valence-corrected chi connectivity index (χ1v) is 4.60. The van der Waals surface area contributed by atoms with Crippen LogP contribution in [0.5, 0.6) is 0 Å². The third-order valence-corrected chi connectivity index (χ3v) is 2.44. The van der Waals surface area contributed by atoms with Crippen molar-refractivity contribution >= 4 is 0 Å². The van der Waals surface area contributed by atoms with Gasteiger partial charge < -0.3 is 20.4 Å². The number of hydrogen-bond acceptors (Lipinski definition) is 4. The third kappa shape index (κ3) is 4.57. The van der Waals surface area contributed by atoms with Crippen molar-refractivity contribution < 1.29 is 20.4 Å². The van der Waals surface area contributed by atoms with Crippen molar-refractivity contribution in [3.05, 3.63) is 0 Å². The lowest BCUT2D eigenvalue weighted by Crippen LogP contribution is -2.29. The highest BCUT2D eigenvalue weighted by molar-refractivity contribution is 4.72. The number of aliphatic hydroxyl groups excluding tert-OH is 4. The largest absolute Gasteiger partial charge is 0.396 e. The molecule has 0 bridgehead atoms. The summed E-state index contributed by atoms with van der Waals surface area (Å²) in [6.45, 7) is 2.94. The second-order valence-corrected chi connectivity index (χ2v) is 3.60. The first-order valence-electron chi connectivity index (χ1n) is 4.60. The van der Waals surface area contributed by atoms with Crippen LogP contribution in [0, 0.1) is 11.8 Å². The maximum absolute atomic E-state index is 9.22. The number of aliphatic hydroxyl groups is 4. The zero-order chi connectivity index (χ0) is 10.4. The van der Waals surface area contributed by atoms with Crippen molar-refractivity contribution in [2.24, 2.45) is 11.8 Å². The van der Waals surface area contributed by atoms with Gasteiger partial charge in [0, 0.05) is 25.0 Å². The lowest BCUT2D eigenvalue weighted by Gasteiger charge is -2.24. The molecule has 0 aromatic heterocycles. The molecule has 0 aromatic rings. The Morgan fingerprint density at radius 2 is 1.15 bits per heavy atom. The molecule has 4 N–H and O–H groups in total. The maximum Gasteiger partial charge on any atom is 0.0562 e. The van der Waals surface area contributed by atoms with Gasteiger partial charge in [0.15, 0.2) is 0 Å². The predicted octanol–water partition coefficient (Wildman–Crippen LogP) is -0.645. The minimum Gasteiger partial charge on any atom is -0.396 e. The fourth-order valence-corrected chi connectivity index (χ4v) is 1.24. The summed E-state index contributed by atoms with van der Waals surface area (Å²) in [5.74, 6) is -0.543. The van der Waals surface area contributed by atoms with Crippen molar-refractivity contribution in [3.63, 3.8) is 0 Å². The van der Waals surface area contributed by atoms with E-state index in [0.29, 0.717) is 6.42 Å². The lowest BCUT2D eigenvalue weighted by molar-refractivity contribution is 0.0208. The molecule has 0 amide bonds. The Hall–Kier alpha value is -0.160. The Kier molecular flexibility index (Phi) is 6.24. The van der Waals surface area contributed by atoms with Crippen LogP contribution in [-0.2, 0) is 0 Å². The van der Waals surface area contributed by atoms with Gasteiger partial charge in [0.2, 0.25) is 0 Å². The molecule has 13 heavy (non-hydrogen) atoms. The average Bonchev–Trinajstić information content (AvgIpc) is 2.05. The van der Waals surface area contributed by atoms with Gasteiger partial charge in [0.05, 0.1) is 12.2 Å². The second kappa shape index (κ2) is 6.32. The lowest BCUT2D eigenvalue weighted by atomic mass is 9.89. The Balaban J connectivity index is 4.03. The molecule has 0 aliphatic heterocycles. The first kappa shape index (κ1) is 12.8. The molecule has 0 saturated heterocycles. The predicted molar refractivity (Wildman–Crippen MR) is 49.1 cm³/mol. The fourth-order valence-electron chi connectivity index (χ4n) is 1.24. The first-order chi connectivity index (χ1) is 6.02. The van der Waals surface area contributed by atoms with Crippen LogP contribution in [-0.4, -0.2) is 45.8 Å². The molecule has 0 aromatic carbocycles. The van der Waals surface area contributed by atoms with Crippen molar-refractivity contribution in [3.8, 4) is 0 Å². The van der Waals surface area contributed by atoms with E-state index >= 15 is 0 Å². The Bertz CT molecular complexity index is 111. The summed E-state index contributed by atoms with van der Waals surface area (Å²) in [5, 5.41) is 36.2. The molecule has 4 nitrogen and oxygen atoms in total. The van der Waals surface area contributed by atoms with E-state index in [2.05, 4.69) is 0 Å². The topological polar surface area (TPSA) is 80.9 Å². The zero-order valence-electron chi connectivity index (χ0n) is 8.22. The summed E-state index contributed by atoms with van der Waals surface area (Å²) >= 11 is 0. The second-order valence-electron chi connectivity index (χ2n) is 3.60. The van der Waals surface area contributed by atoms with Gasteiger partial charge in [0.1, 0.15) is 0 Å². The maximum atomic E-state index is 9.22. The summed E-state index contributed by atoms with van der Waals surface area (Å²) in [6, 6.07) is 0. The molecule has 0 rings (SSSR count). The van der Waals surface area contributed by atoms with Gasteiger partial charge >= 0.3 is 0 Å². The van der Waals surface area contributed by atoms with E-state index < -0.39 is 12.2 Å². The van der Waals surface area contributed by atoms with Crippen molar-refractivity contribution in [2.75, 3.05) is 13.2 Å². The van der Waals surface area contributed by atoms with Gasteiger partial charge in [-0.15, -0.1) is 0 Å². The monoisotopic (exact) mass is 192 g/mol. The molecule has 0 radical (unpaired) electrons. The molecule has 0 saturated carbocycles. The normalized spacial score (nSPS) is 20.8. The van der Waals surface area contributed by atoms with Gasteiger partial charge in [-0.1, -0.05) is 0 Å².